The molecule has 10 heteroatoms. The number of benzene rings is 1. The normalized spacial score (nSPS) is 14.0. The Bertz CT molecular complexity index is 1380. The van der Waals surface area contributed by atoms with Crippen LogP contribution in [0, 0.1) is 0 Å². The Kier molecular flexibility index (Phi) is 5.74. The standard InChI is InChI=1S/C24H20F3N3O4/c25-24(26,27)34-18-5-3-15(29-12-18)14-32-17-7-9-30(23(31)11-17)16-4-6-19-20-13-28-8-1-2-21(20)33-22(19)10-16/h3-7,9-12,28H,1-2,8,13-14H2. The van der Waals surface area contributed by atoms with Crippen LogP contribution in [-0.2, 0) is 19.6 Å². The predicted molar refractivity (Wildman–Crippen MR) is 117 cm³/mol. The van der Waals surface area contributed by atoms with Crippen molar-refractivity contribution in [2.45, 2.75) is 32.4 Å². The van der Waals surface area contributed by atoms with Gasteiger partial charge in [0.2, 0.25) is 0 Å². The van der Waals surface area contributed by atoms with Crippen molar-refractivity contribution in [3.63, 3.8) is 0 Å². The van der Waals surface area contributed by atoms with Gasteiger partial charge in [-0.15, -0.1) is 13.2 Å². The molecule has 0 aliphatic carbocycles. The summed E-state index contributed by atoms with van der Waals surface area (Å²) in [5, 5.41) is 4.44. The number of ether oxygens (including phenoxy) is 2. The minimum absolute atomic E-state index is 0.0201. The van der Waals surface area contributed by atoms with Gasteiger partial charge in [-0.3, -0.25) is 14.3 Å². The third-order valence-electron chi connectivity index (χ3n) is 5.51. The molecule has 3 aromatic heterocycles. The molecule has 0 saturated heterocycles. The Morgan fingerprint density at radius 3 is 2.76 bits per heavy atom. The van der Waals surface area contributed by atoms with E-state index in [9.17, 15) is 18.0 Å². The van der Waals surface area contributed by atoms with Gasteiger partial charge in [0.1, 0.15) is 29.4 Å². The highest BCUT2D eigenvalue weighted by atomic mass is 19.4. The van der Waals surface area contributed by atoms with E-state index in [1.165, 1.54) is 22.3 Å². The highest BCUT2D eigenvalue weighted by molar-refractivity contribution is 5.84. The highest BCUT2D eigenvalue weighted by Gasteiger charge is 2.31. The van der Waals surface area contributed by atoms with Gasteiger partial charge >= 0.3 is 6.36 Å². The lowest BCUT2D eigenvalue weighted by molar-refractivity contribution is -0.274. The number of pyridine rings is 2. The van der Waals surface area contributed by atoms with Gasteiger partial charge < -0.3 is 19.2 Å². The van der Waals surface area contributed by atoms with E-state index < -0.39 is 12.1 Å². The number of fused-ring (bicyclic) bond motifs is 3. The van der Waals surface area contributed by atoms with E-state index in [4.69, 9.17) is 9.15 Å². The van der Waals surface area contributed by atoms with Gasteiger partial charge in [-0.05, 0) is 43.3 Å². The summed E-state index contributed by atoms with van der Waals surface area (Å²) >= 11 is 0. The fraction of sp³-hybridized carbons (Fsp3) is 0.250. The van der Waals surface area contributed by atoms with E-state index in [0.717, 1.165) is 54.9 Å². The van der Waals surface area contributed by atoms with Crippen molar-refractivity contribution in [3.05, 3.63) is 82.2 Å². The van der Waals surface area contributed by atoms with E-state index in [-0.39, 0.29) is 12.2 Å². The summed E-state index contributed by atoms with van der Waals surface area (Å²) in [5.41, 5.74) is 2.66. The van der Waals surface area contributed by atoms with Gasteiger partial charge in [0.25, 0.3) is 5.56 Å². The first kappa shape index (κ1) is 22.0. The molecule has 4 heterocycles. The Balaban J connectivity index is 1.30. The summed E-state index contributed by atoms with van der Waals surface area (Å²) in [6.07, 6.45) is -0.319. The van der Waals surface area contributed by atoms with Crippen LogP contribution >= 0.6 is 0 Å². The lowest BCUT2D eigenvalue weighted by atomic mass is 10.1. The molecule has 0 unspecified atom stereocenters. The van der Waals surface area contributed by atoms with Crippen molar-refractivity contribution in [2.75, 3.05) is 6.54 Å². The topological polar surface area (TPSA) is 78.5 Å². The summed E-state index contributed by atoms with van der Waals surface area (Å²) in [5.74, 6) is 0.885. The van der Waals surface area contributed by atoms with Crippen LogP contribution in [0.5, 0.6) is 11.5 Å². The van der Waals surface area contributed by atoms with E-state index in [0.29, 0.717) is 17.1 Å². The Hall–Kier alpha value is -3.79. The molecule has 1 aliphatic heterocycles. The molecule has 0 atom stereocenters. The Labute approximate surface area is 191 Å². The predicted octanol–water partition coefficient (Wildman–Crippen LogP) is 4.49. The Morgan fingerprint density at radius 1 is 1.12 bits per heavy atom. The van der Waals surface area contributed by atoms with Crippen molar-refractivity contribution in [2.24, 2.45) is 0 Å². The van der Waals surface area contributed by atoms with Crippen molar-refractivity contribution in [3.8, 4) is 17.2 Å². The zero-order valence-corrected chi connectivity index (χ0v) is 17.9. The van der Waals surface area contributed by atoms with Crippen molar-refractivity contribution in [1.82, 2.24) is 14.9 Å². The van der Waals surface area contributed by atoms with Crippen LogP contribution in [0.4, 0.5) is 13.2 Å². The molecule has 1 N–H and O–H groups in total. The molecule has 34 heavy (non-hydrogen) atoms. The number of hydrogen-bond acceptors (Lipinski definition) is 6. The number of hydrogen-bond donors (Lipinski definition) is 1. The second kappa shape index (κ2) is 8.86. The van der Waals surface area contributed by atoms with E-state index in [1.54, 1.807) is 12.3 Å². The number of furan rings is 1. The zero-order chi connectivity index (χ0) is 23.7. The number of nitrogens with one attached hydrogen (secondary N) is 1. The molecule has 1 aromatic carbocycles. The fourth-order valence-corrected chi connectivity index (χ4v) is 3.93. The maximum absolute atomic E-state index is 12.7. The number of nitrogens with zero attached hydrogens (tertiary/aromatic N) is 2. The van der Waals surface area contributed by atoms with Crippen LogP contribution in [0.3, 0.4) is 0 Å². The molecule has 4 aromatic rings. The fourth-order valence-electron chi connectivity index (χ4n) is 3.93. The number of halogens is 3. The molecule has 0 spiro atoms. The van der Waals surface area contributed by atoms with Crippen molar-refractivity contribution in [1.29, 1.82) is 0 Å². The molecule has 5 rings (SSSR count). The lowest BCUT2D eigenvalue weighted by Gasteiger charge is -2.10. The van der Waals surface area contributed by atoms with Crippen LogP contribution in [0.1, 0.15) is 23.4 Å². The summed E-state index contributed by atoms with van der Waals surface area (Å²) in [7, 11) is 0. The van der Waals surface area contributed by atoms with Gasteiger partial charge in [0, 0.05) is 42.2 Å². The third-order valence-corrected chi connectivity index (χ3v) is 5.51. The van der Waals surface area contributed by atoms with E-state index >= 15 is 0 Å². The average molecular weight is 471 g/mol. The molecule has 0 fully saturated rings. The average Bonchev–Trinajstić information content (AvgIpc) is 2.97. The van der Waals surface area contributed by atoms with E-state index in [1.807, 2.05) is 18.2 Å². The molecule has 176 valence electrons. The summed E-state index contributed by atoms with van der Waals surface area (Å²) in [6.45, 7) is 1.70. The molecule has 1 aliphatic rings. The maximum Gasteiger partial charge on any atom is 0.573 e. The van der Waals surface area contributed by atoms with Gasteiger partial charge in [0.15, 0.2) is 0 Å². The summed E-state index contributed by atoms with van der Waals surface area (Å²) in [6, 6.07) is 11.2. The first-order chi connectivity index (χ1) is 16.4. The minimum Gasteiger partial charge on any atom is -0.487 e. The molecular formula is C24H20F3N3O4. The molecular weight excluding hydrogens is 451 g/mol. The van der Waals surface area contributed by atoms with Crippen LogP contribution < -0.4 is 20.3 Å². The van der Waals surface area contributed by atoms with Crippen LogP contribution in [0.2, 0.25) is 0 Å². The monoisotopic (exact) mass is 471 g/mol. The summed E-state index contributed by atoms with van der Waals surface area (Å²) < 4.78 is 53.6. The Morgan fingerprint density at radius 2 is 2.00 bits per heavy atom. The number of aryl methyl sites for hydroxylation is 1. The number of rotatable bonds is 5. The van der Waals surface area contributed by atoms with Crippen LogP contribution in [0.15, 0.2) is 64.1 Å². The van der Waals surface area contributed by atoms with Crippen LogP contribution in [0.25, 0.3) is 16.7 Å². The van der Waals surface area contributed by atoms with Gasteiger partial charge in [0.05, 0.1) is 17.6 Å². The van der Waals surface area contributed by atoms with Gasteiger partial charge in [-0.25, -0.2) is 0 Å². The van der Waals surface area contributed by atoms with Crippen LogP contribution in [-0.4, -0.2) is 22.5 Å². The first-order valence-electron chi connectivity index (χ1n) is 10.7. The van der Waals surface area contributed by atoms with E-state index in [2.05, 4.69) is 15.0 Å². The SMILES string of the molecule is O=c1cc(OCc2ccc(OC(F)(F)F)cn2)ccn1-c1ccc2c3c(oc2c1)CCCNC3. The van der Waals surface area contributed by atoms with Crippen molar-refractivity contribution >= 4 is 11.0 Å². The molecule has 0 saturated carbocycles. The lowest BCUT2D eigenvalue weighted by Crippen LogP contribution is -2.17. The molecule has 7 nitrogen and oxygen atoms in total. The first-order valence-corrected chi connectivity index (χ1v) is 10.7. The number of aromatic nitrogens is 2. The quantitative estimate of drug-likeness (QED) is 0.462. The summed E-state index contributed by atoms with van der Waals surface area (Å²) in [4.78, 5) is 16.6. The number of alkyl halides is 3. The second-order valence-corrected chi connectivity index (χ2v) is 7.86. The second-order valence-electron chi connectivity index (χ2n) is 7.86. The maximum atomic E-state index is 12.7. The van der Waals surface area contributed by atoms with Gasteiger partial charge in [-0.1, -0.05) is 0 Å². The zero-order valence-electron chi connectivity index (χ0n) is 17.9. The molecule has 0 bridgehead atoms. The molecule has 0 amide bonds. The minimum atomic E-state index is -4.78. The third kappa shape index (κ3) is 4.76. The van der Waals surface area contributed by atoms with Gasteiger partial charge in [-0.2, -0.15) is 0 Å². The van der Waals surface area contributed by atoms with Crippen molar-refractivity contribution < 1.29 is 27.1 Å². The molecule has 0 radical (unpaired) electrons. The highest BCUT2D eigenvalue weighted by Crippen LogP contribution is 2.30. The largest absolute Gasteiger partial charge is 0.573 e. The smallest absolute Gasteiger partial charge is 0.487 e.